The Bertz CT molecular complexity index is 445. The molecule has 1 rings (SSSR count). The van der Waals surface area contributed by atoms with E-state index in [0.717, 1.165) is 18.7 Å². The third-order valence-electron chi connectivity index (χ3n) is 2.65. The molecular weight excluding hydrogens is 258 g/mol. The SMILES string of the molecule is CCNCc1ccc(OC(C)C(=O)NC(=O)NC)cc1. The molecular formula is C14H21N3O3. The molecule has 6 nitrogen and oxygen atoms in total. The quantitative estimate of drug-likeness (QED) is 0.726. The lowest BCUT2D eigenvalue weighted by Crippen LogP contribution is -2.43. The summed E-state index contributed by atoms with van der Waals surface area (Å²) in [6, 6.07) is 6.92. The first-order chi connectivity index (χ1) is 9.56. The van der Waals surface area contributed by atoms with Gasteiger partial charge in [-0.3, -0.25) is 10.1 Å². The van der Waals surface area contributed by atoms with Crippen LogP contribution in [-0.2, 0) is 11.3 Å². The van der Waals surface area contributed by atoms with Gasteiger partial charge >= 0.3 is 6.03 Å². The highest BCUT2D eigenvalue weighted by molar-refractivity contribution is 5.96. The Kier molecular flexibility index (Phi) is 6.52. The van der Waals surface area contributed by atoms with Crippen molar-refractivity contribution in [1.29, 1.82) is 0 Å². The highest BCUT2D eigenvalue weighted by Crippen LogP contribution is 2.13. The lowest BCUT2D eigenvalue weighted by atomic mass is 10.2. The first-order valence-corrected chi connectivity index (χ1v) is 6.55. The molecule has 3 amide bonds. The number of urea groups is 1. The molecule has 0 aromatic heterocycles. The summed E-state index contributed by atoms with van der Waals surface area (Å²) in [6.07, 6.45) is -0.744. The van der Waals surface area contributed by atoms with Gasteiger partial charge < -0.3 is 15.4 Å². The minimum atomic E-state index is -0.744. The maximum Gasteiger partial charge on any atom is 0.321 e. The monoisotopic (exact) mass is 279 g/mol. The average Bonchev–Trinajstić information content (AvgIpc) is 2.46. The number of hydrogen-bond acceptors (Lipinski definition) is 4. The molecule has 0 heterocycles. The van der Waals surface area contributed by atoms with Gasteiger partial charge in [0.1, 0.15) is 5.75 Å². The Morgan fingerprint density at radius 1 is 1.25 bits per heavy atom. The number of nitrogens with one attached hydrogen (secondary N) is 3. The topological polar surface area (TPSA) is 79.5 Å². The smallest absolute Gasteiger partial charge is 0.321 e. The number of amides is 3. The van der Waals surface area contributed by atoms with Gasteiger partial charge in [-0.05, 0) is 31.2 Å². The van der Waals surface area contributed by atoms with E-state index in [9.17, 15) is 9.59 Å². The summed E-state index contributed by atoms with van der Waals surface area (Å²) in [5, 5.41) is 7.69. The summed E-state index contributed by atoms with van der Waals surface area (Å²) in [4.78, 5) is 22.6. The van der Waals surface area contributed by atoms with Crippen LogP contribution in [0.25, 0.3) is 0 Å². The van der Waals surface area contributed by atoms with E-state index in [2.05, 4.69) is 16.0 Å². The van der Waals surface area contributed by atoms with Crippen molar-refractivity contribution in [1.82, 2.24) is 16.0 Å². The lowest BCUT2D eigenvalue weighted by molar-refractivity contribution is -0.126. The van der Waals surface area contributed by atoms with Gasteiger partial charge in [0, 0.05) is 13.6 Å². The van der Waals surface area contributed by atoms with E-state index in [1.165, 1.54) is 7.05 Å². The van der Waals surface area contributed by atoms with Crippen molar-refractivity contribution in [2.75, 3.05) is 13.6 Å². The van der Waals surface area contributed by atoms with Gasteiger partial charge in [0.15, 0.2) is 6.10 Å². The first kappa shape index (κ1) is 16.0. The van der Waals surface area contributed by atoms with Crippen LogP contribution in [0.4, 0.5) is 4.79 Å². The summed E-state index contributed by atoms with van der Waals surface area (Å²) < 4.78 is 5.47. The number of carbonyl (C=O) groups is 2. The van der Waals surface area contributed by atoms with Crippen molar-refractivity contribution in [3.63, 3.8) is 0 Å². The van der Waals surface area contributed by atoms with Crippen LogP contribution < -0.4 is 20.7 Å². The Labute approximate surface area is 118 Å². The van der Waals surface area contributed by atoms with E-state index < -0.39 is 18.0 Å². The number of imide groups is 1. The highest BCUT2D eigenvalue weighted by Gasteiger charge is 2.16. The zero-order valence-corrected chi connectivity index (χ0v) is 12.0. The molecule has 0 fully saturated rings. The third kappa shape index (κ3) is 5.27. The molecule has 0 saturated carbocycles. The number of ether oxygens (including phenoxy) is 1. The molecule has 0 aliphatic carbocycles. The van der Waals surface area contributed by atoms with Gasteiger partial charge in [-0.1, -0.05) is 19.1 Å². The maximum absolute atomic E-state index is 11.6. The Hall–Kier alpha value is -2.08. The van der Waals surface area contributed by atoms with Gasteiger partial charge in [-0.25, -0.2) is 4.79 Å². The van der Waals surface area contributed by atoms with E-state index in [-0.39, 0.29) is 0 Å². The Morgan fingerprint density at radius 2 is 1.90 bits per heavy atom. The highest BCUT2D eigenvalue weighted by atomic mass is 16.5. The van der Waals surface area contributed by atoms with E-state index in [1.807, 2.05) is 19.1 Å². The average molecular weight is 279 g/mol. The van der Waals surface area contributed by atoms with Crippen LogP contribution >= 0.6 is 0 Å². The molecule has 1 aromatic rings. The van der Waals surface area contributed by atoms with Crippen LogP contribution in [0.5, 0.6) is 5.75 Å². The molecule has 0 spiro atoms. The summed E-state index contributed by atoms with van der Waals surface area (Å²) in [7, 11) is 1.44. The van der Waals surface area contributed by atoms with Crippen molar-refractivity contribution in [3.8, 4) is 5.75 Å². The van der Waals surface area contributed by atoms with Gasteiger partial charge in [-0.15, -0.1) is 0 Å². The second-order valence-corrected chi connectivity index (χ2v) is 4.25. The second-order valence-electron chi connectivity index (χ2n) is 4.25. The molecule has 0 aliphatic heterocycles. The van der Waals surface area contributed by atoms with Gasteiger partial charge in [-0.2, -0.15) is 0 Å². The van der Waals surface area contributed by atoms with E-state index >= 15 is 0 Å². The molecule has 0 radical (unpaired) electrons. The zero-order chi connectivity index (χ0) is 15.0. The van der Waals surface area contributed by atoms with Crippen LogP contribution in [0, 0.1) is 0 Å². The molecule has 3 N–H and O–H groups in total. The van der Waals surface area contributed by atoms with Gasteiger partial charge in [0.2, 0.25) is 0 Å². The van der Waals surface area contributed by atoms with Crippen LogP contribution in [0.15, 0.2) is 24.3 Å². The molecule has 1 atom stereocenters. The third-order valence-corrected chi connectivity index (χ3v) is 2.65. The predicted molar refractivity (Wildman–Crippen MR) is 76.5 cm³/mol. The summed E-state index contributed by atoms with van der Waals surface area (Å²) in [5.41, 5.74) is 1.14. The molecule has 1 aromatic carbocycles. The normalized spacial score (nSPS) is 11.6. The maximum atomic E-state index is 11.6. The van der Waals surface area contributed by atoms with Crippen molar-refractivity contribution >= 4 is 11.9 Å². The van der Waals surface area contributed by atoms with Crippen molar-refractivity contribution < 1.29 is 14.3 Å². The minimum absolute atomic E-state index is 0.485. The fraction of sp³-hybridized carbons (Fsp3) is 0.429. The lowest BCUT2D eigenvalue weighted by Gasteiger charge is -2.14. The van der Waals surface area contributed by atoms with Crippen LogP contribution in [0.3, 0.4) is 0 Å². The minimum Gasteiger partial charge on any atom is -0.481 e. The molecule has 6 heteroatoms. The molecule has 20 heavy (non-hydrogen) atoms. The van der Waals surface area contributed by atoms with E-state index in [4.69, 9.17) is 4.74 Å². The molecule has 1 unspecified atom stereocenters. The molecule has 0 aliphatic rings. The van der Waals surface area contributed by atoms with Gasteiger partial charge in [0.25, 0.3) is 5.91 Å². The Morgan fingerprint density at radius 3 is 2.45 bits per heavy atom. The van der Waals surface area contributed by atoms with E-state index in [1.54, 1.807) is 19.1 Å². The number of hydrogen-bond donors (Lipinski definition) is 3. The molecule has 110 valence electrons. The number of carbonyl (C=O) groups excluding carboxylic acids is 2. The van der Waals surface area contributed by atoms with Crippen molar-refractivity contribution in [2.45, 2.75) is 26.5 Å². The van der Waals surface area contributed by atoms with E-state index in [0.29, 0.717) is 5.75 Å². The van der Waals surface area contributed by atoms with Crippen LogP contribution in [0.2, 0.25) is 0 Å². The summed E-state index contributed by atoms with van der Waals surface area (Å²) in [5.74, 6) is 0.103. The van der Waals surface area contributed by atoms with Crippen molar-refractivity contribution in [3.05, 3.63) is 29.8 Å². The van der Waals surface area contributed by atoms with Crippen molar-refractivity contribution in [2.24, 2.45) is 0 Å². The zero-order valence-electron chi connectivity index (χ0n) is 12.0. The fourth-order valence-corrected chi connectivity index (χ4v) is 1.49. The standard InChI is InChI=1S/C14H21N3O3/c1-4-16-9-11-5-7-12(8-6-11)20-10(2)13(18)17-14(19)15-3/h5-8,10,16H,4,9H2,1-3H3,(H2,15,17,18,19). The molecule has 0 bridgehead atoms. The Balaban J connectivity index is 2.51. The fourth-order valence-electron chi connectivity index (χ4n) is 1.49. The second kappa shape index (κ2) is 8.16. The number of rotatable bonds is 6. The molecule has 0 saturated heterocycles. The largest absolute Gasteiger partial charge is 0.481 e. The predicted octanol–water partition coefficient (Wildman–Crippen LogP) is 1.02. The summed E-state index contributed by atoms with van der Waals surface area (Å²) in [6.45, 7) is 5.34. The summed E-state index contributed by atoms with van der Waals surface area (Å²) >= 11 is 0. The van der Waals surface area contributed by atoms with Crippen LogP contribution in [-0.4, -0.2) is 31.6 Å². The number of benzene rings is 1. The first-order valence-electron chi connectivity index (χ1n) is 6.55. The van der Waals surface area contributed by atoms with Gasteiger partial charge in [0.05, 0.1) is 0 Å². The van der Waals surface area contributed by atoms with Crippen LogP contribution in [0.1, 0.15) is 19.4 Å².